The highest BCUT2D eigenvalue weighted by atomic mass is 19.3. The third kappa shape index (κ3) is 6.36. The van der Waals surface area contributed by atoms with Crippen LogP contribution < -0.4 is 14.8 Å². The number of rotatable bonds is 4. The van der Waals surface area contributed by atoms with Gasteiger partial charge in [-0.05, 0) is 32.8 Å². The average molecular weight is 506 g/mol. The zero-order valence-electron chi connectivity index (χ0n) is 20.4. The van der Waals surface area contributed by atoms with Crippen molar-refractivity contribution in [1.29, 1.82) is 0 Å². The summed E-state index contributed by atoms with van der Waals surface area (Å²) < 4.78 is 64.3. The number of aryl methyl sites for hydroxylation is 1. The second-order valence-corrected chi connectivity index (χ2v) is 8.48. The van der Waals surface area contributed by atoms with E-state index in [1.807, 2.05) is 0 Å². The predicted octanol–water partition coefficient (Wildman–Crippen LogP) is 5.77. The molecule has 4 rings (SSSR count). The van der Waals surface area contributed by atoms with Crippen LogP contribution in [0.15, 0.2) is 30.3 Å². The van der Waals surface area contributed by atoms with E-state index >= 15 is 0 Å². The molecule has 1 aliphatic rings. The van der Waals surface area contributed by atoms with Gasteiger partial charge in [0.05, 0.1) is 30.3 Å². The van der Waals surface area contributed by atoms with E-state index in [4.69, 9.17) is 18.9 Å². The Morgan fingerprint density at radius 1 is 0.861 bits per heavy atom. The summed E-state index contributed by atoms with van der Waals surface area (Å²) in [6.07, 6.45) is -1.07. The van der Waals surface area contributed by atoms with Crippen LogP contribution in [0.2, 0.25) is 0 Å². The second kappa shape index (κ2) is 12.2. The molecule has 0 aliphatic carbocycles. The molecule has 0 spiro atoms. The van der Waals surface area contributed by atoms with Gasteiger partial charge in [0.25, 0.3) is 6.43 Å². The fourth-order valence-corrected chi connectivity index (χ4v) is 3.98. The molecule has 7 nitrogen and oxygen atoms in total. The van der Waals surface area contributed by atoms with E-state index in [2.05, 4.69) is 15.3 Å². The van der Waals surface area contributed by atoms with Gasteiger partial charge in [0.15, 0.2) is 11.5 Å². The number of nitrogens with one attached hydrogen (secondary N) is 1. The topological polar surface area (TPSA) is 74.7 Å². The van der Waals surface area contributed by atoms with Crippen molar-refractivity contribution < 1.29 is 32.1 Å². The maximum atomic E-state index is 14.8. The Hall–Kier alpha value is -3.11. The summed E-state index contributed by atoms with van der Waals surface area (Å²) >= 11 is 0. The lowest BCUT2D eigenvalue weighted by Gasteiger charge is -2.20. The van der Waals surface area contributed by atoms with Crippen molar-refractivity contribution in [1.82, 2.24) is 9.97 Å². The van der Waals surface area contributed by atoms with Gasteiger partial charge in [0.1, 0.15) is 30.7 Å². The van der Waals surface area contributed by atoms with Crippen LogP contribution in [-0.4, -0.2) is 49.6 Å². The van der Waals surface area contributed by atoms with Crippen molar-refractivity contribution in [2.75, 3.05) is 45.0 Å². The minimum absolute atomic E-state index is 0.118. The molecule has 10 heteroatoms. The maximum absolute atomic E-state index is 14.8. The highest BCUT2D eigenvalue weighted by Crippen LogP contribution is 2.36. The largest absolute Gasteiger partial charge is 0.487 e. The summed E-state index contributed by atoms with van der Waals surface area (Å²) in [5.74, 6) is 0.973. The van der Waals surface area contributed by atoms with Crippen molar-refractivity contribution >= 4 is 16.7 Å². The van der Waals surface area contributed by atoms with Gasteiger partial charge in [-0.15, -0.1) is 0 Å². The second-order valence-electron chi connectivity index (χ2n) is 8.48. The highest BCUT2D eigenvalue weighted by molar-refractivity contribution is 5.92. The van der Waals surface area contributed by atoms with Crippen LogP contribution >= 0.6 is 0 Å². The molecule has 0 fully saturated rings. The number of hydrogen-bond donors (Lipinski definition) is 1. The first-order valence-electron chi connectivity index (χ1n) is 12.0. The fraction of sp³-hybridized carbons (Fsp3) is 0.462. The molecule has 1 aromatic heterocycles. The molecule has 1 aliphatic heterocycles. The quantitative estimate of drug-likeness (QED) is 0.482. The summed E-state index contributed by atoms with van der Waals surface area (Å²) in [6, 6.07) is 6.87. The molecule has 1 atom stereocenters. The molecule has 0 saturated carbocycles. The Bertz CT molecular complexity index is 1180. The van der Waals surface area contributed by atoms with E-state index in [0.717, 1.165) is 18.9 Å². The molecule has 0 saturated heterocycles. The summed E-state index contributed by atoms with van der Waals surface area (Å²) in [5.41, 5.74) is 0.0834. The van der Waals surface area contributed by atoms with Gasteiger partial charge in [0, 0.05) is 30.2 Å². The Morgan fingerprint density at radius 2 is 1.50 bits per heavy atom. The van der Waals surface area contributed by atoms with E-state index in [9.17, 15) is 13.2 Å². The number of fused-ring (bicyclic) bond motifs is 2. The van der Waals surface area contributed by atoms with Gasteiger partial charge >= 0.3 is 0 Å². The zero-order valence-corrected chi connectivity index (χ0v) is 20.4. The van der Waals surface area contributed by atoms with E-state index in [0.29, 0.717) is 73.7 Å². The molecule has 2 aromatic carbocycles. The molecular weight excluding hydrogens is 475 g/mol. The van der Waals surface area contributed by atoms with Crippen molar-refractivity contribution in [2.45, 2.75) is 39.2 Å². The number of aromatic nitrogens is 2. The van der Waals surface area contributed by atoms with Gasteiger partial charge in [-0.25, -0.2) is 23.1 Å². The zero-order chi connectivity index (χ0) is 25.5. The van der Waals surface area contributed by atoms with E-state index in [1.165, 1.54) is 12.1 Å². The number of benzene rings is 2. The molecule has 194 valence electrons. The van der Waals surface area contributed by atoms with E-state index < -0.39 is 23.8 Å². The Labute approximate surface area is 207 Å². The Morgan fingerprint density at radius 3 is 2.17 bits per heavy atom. The molecule has 3 aromatic rings. The molecule has 1 N–H and O–H groups in total. The fourth-order valence-electron chi connectivity index (χ4n) is 3.98. The van der Waals surface area contributed by atoms with Crippen molar-refractivity contribution in [3.05, 3.63) is 53.1 Å². The van der Waals surface area contributed by atoms with Gasteiger partial charge in [-0.3, -0.25) is 0 Å². The summed E-state index contributed by atoms with van der Waals surface area (Å²) in [7, 11) is 0. The van der Waals surface area contributed by atoms with Gasteiger partial charge < -0.3 is 24.3 Å². The van der Waals surface area contributed by atoms with Gasteiger partial charge in [-0.1, -0.05) is 18.2 Å². The van der Waals surface area contributed by atoms with Gasteiger partial charge in [0.2, 0.25) is 0 Å². The van der Waals surface area contributed by atoms with E-state index in [1.54, 1.807) is 26.0 Å². The Kier molecular flexibility index (Phi) is 8.82. The van der Waals surface area contributed by atoms with Crippen LogP contribution in [-0.2, 0) is 9.47 Å². The third-order valence-electron chi connectivity index (χ3n) is 5.78. The first-order valence-corrected chi connectivity index (χ1v) is 12.0. The molecule has 0 radical (unpaired) electrons. The molecular formula is C26H30F3N3O4. The standard InChI is InChI=1S/C26H30F3N3O4/c1-16(18-6-5-7-19(24(18)27)25(28)29)30-26-20-14-22-23(15-21(20)31-17(2)32-26)36-13-11-34-9-4-3-8-33-10-12-35-22/h5-7,14-16,25H,3-4,8-13H2,1-2H3,(H,30,31,32)/t16-/m1/s1. The van der Waals surface area contributed by atoms with Crippen LogP contribution in [0.5, 0.6) is 11.5 Å². The normalized spacial score (nSPS) is 16.5. The van der Waals surface area contributed by atoms with Crippen molar-refractivity contribution in [3.8, 4) is 11.5 Å². The molecule has 0 unspecified atom stereocenters. The van der Waals surface area contributed by atoms with Crippen LogP contribution in [0.25, 0.3) is 10.9 Å². The Balaban J connectivity index is 1.66. The molecule has 0 amide bonds. The predicted molar refractivity (Wildman–Crippen MR) is 130 cm³/mol. The summed E-state index contributed by atoms with van der Waals surface area (Å²) in [4.78, 5) is 9.02. The smallest absolute Gasteiger partial charge is 0.266 e. The van der Waals surface area contributed by atoms with Gasteiger partial charge in [-0.2, -0.15) is 0 Å². The van der Waals surface area contributed by atoms with Crippen LogP contribution in [0.3, 0.4) is 0 Å². The van der Waals surface area contributed by atoms with Crippen LogP contribution in [0.4, 0.5) is 19.0 Å². The lowest BCUT2D eigenvalue weighted by atomic mass is 10.0. The minimum Gasteiger partial charge on any atom is -0.487 e. The molecule has 0 bridgehead atoms. The first-order chi connectivity index (χ1) is 17.4. The number of hydrogen-bond acceptors (Lipinski definition) is 7. The third-order valence-corrected chi connectivity index (χ3v) is 5.78. The van der Waals surface area contributed by atoms with Crippen LogP contribution in [0.1, 0.15) is 49.2 Å². The number of halogens is 3. The molecule has 36 heavy (non-hydrogen) atoms. The van der Waals surface area contributed by atoms with Crippen molar-refractivity contribution in [3.63, 3.8) is 0 Å². The molecule has 2 heterocycles. The first kappa shape index (κ1) is 26.0. The SMILES string of the molecule is Cc1nc(N[C@H](C)c2cccc(C(F)F)c2F)c2cc3c(cc2n1)OCCOCCCCOCCO3. The minimum atomic E-state index is -2.90. The van der Waals surface area contributed by atoms with Crippen molar-refractivity contribution in [2.24, 2.45) is 0 Å². The highest BCUT2D eigenvalue weighted by Gasteiger charge is 2.21. The average Bonchev–Trinajstić information content (AvgIpc) is 2.84. The number of ether oxygens (including phenoxy) is 4. The van der Waals surface area contributed by atoms with Crippen LogP contribution in [0, 0.1) is 12.7 Å². The number of anilines is 1. The summed E-state index contributed by atoms with van der Waals surface area (Å²) in [6.45, 7) is 6.25. The van der Waals surface area contributed by atoms with E-state index in [-0.39, 0.29) is 5.56 Å². The summed E-state index contributed by atoms with van der Waals surface area (Å²) in [5, 5.41) is 3.79. The maximum Gasteiger partial charge on any atom is 0.266 e. The number of nitrogens with zero attached hydrogens (tertiary/aromatic N) is 2. The monoisotopic (exact) mass is 505 g/mol. The number of alkyl halides is 2. The lowest BCUT2D eigenvalue weighted by Crippen LogP contribution is -2.14. The lowest BCUT2D eigenvalue weighted by molar-refractivity contribution is 0.0687.